The second-order valence-corrected chi connectivity index (χ2v) is 7.10. The molecule has 2 aromatic rings. The van der Waals surface area contributed by atoms with Gasteiger partial charge in [0.15, 0.2) is 17.9 Å². The highest BCUT2D eigenvalue weighted by Crippen LogP contribution is 2.21. The van der Waals surface area contributed by atoms with E-state index in [1.807, 2.05) is 0 Å². The zero-order valence-corrected chi connectivity index (χ0v) is 16.1. The van der Waals surface area contributed by atoms with Crippen molar-refractivity contribution in [2.24, 2.45) is 5.92 Å². The summed E-state index contributed by atoms with van der Waals surface area (Å²) in [4.78, 5) is 0. The van der Waals surface area contributed by atoms with E-state index < -0.39 is 28.8 Å². The molecule has 0 spiro atoms. The number of rotatable bonds is 5. The van der Waals surface area contributed by atoms with E-state index in [1.54, 1.807) is 0 Å². The monoisotopic (exact) mass is 406 g/mol. The Hall–Kier alpha value is -2.36. The Labute approximate surface area is 167 Å². The summed E-state index contributed by atoms with van der Waals surface area (Å²) in [5.41, 5.74) is 0.187. The van der Waals surface area contributed by atoms with Crippen LogP contribution in [-0.4, -0.2) is 19.5 Å². The highest BCUT2D eigenvalue weighted by atomic mass is 19.2. The summed E-state index contributed by atoms with van der Waals surface area (Å²) < 4.78 is 66.1. The summed E-state index contributed by atoms with van der Waals surface area (Å²) in [5.74, 6) is 1.53. The van der Waals surface area contributed by atoms with Gasteiger partial charge in [-0.25, -0.2) is 17.6 Å². The first-order valence-electron chi connectivity index (χ1n) is 9.64. The Kier molecular flexibility index (Phi) is 7.29. The lowest BCUT2D eigenvalue weighted by atomic mass is 10.0. The predicted molar refractivity (Wildman–Crippen MR) is 101 cm³/mol. The molecule has 0 aliphatic carbocycles. The van der Waals surface area contributed by atoms with Crippen LogP contribution in [0, 0.1) is 41.0 Å². The SMILES string of the molecule is CCC[C@H]1CO[C@H](CCc2cc(F)c(C#Cc3ccc(F)c(F)c3)c(F)c2)OC1. The molecule has 1 fully saturated rings. The Bertz CT molecular complexity index is 886. The number of hydrogen-bond acceptors (Lipinski definition) is 2. The number of aryl methyl sites for hydroxylation is 1. The number of ether oxygens (including phenoxy) is 2. The molecule has 1 saturated heterocycles. The van der Waals surface area contributed by atoms with Crippen LogP contribution in [-0.2, 0) is 15.9 Å². The topological polar surface area (TPSA) is 18.5 Å². The minimum absolute atomic E-state index is 0.125. The van der Waals surface area contributed by atoms with Crippen molar-refractivity contribution in [1.82, 2.24) is 0 Å². The van der Waals surface area contributed by atoms with E-state index in [1.165, 1.54) is 18.2 Å². The first-order chi connectivity index (χ1) is 14.0. The highest BCUT2D eigenvalue weighted by molar-refractivity contribution is 5.45. The standard InChI is InChI=1S/C23H22F4O2/c1-2-3-17-13-28-23(29-14-17)9-6-16-11-20(25)18(21(26)12-16)7-4-15-5-8-19(24)22(27)10-15/h5,8,10-12,17,23H,2-3,6,9,13-14H2,1H3/t17-,23-. The third-order valence-corrected chi connectivity index (χ3v) is 4.75. The van der Waals surface area contributed by atoms with Gasteiger partial charge < -0.3 is 9.47 Å². The van der Waals surface area contributed by atoms with Crippen LogP contribution in [0.15, 0.2) is 30.3 Å². The molecule has 1 heterocycles. The van der Waals surface area contributed by atoms with Crippen molar-refractivity contribution in [2.75, 3.05) is 13.2 Å². The molecular formula is C23H22F4O2. The third-order valence-electron chi connectivity index (χ3n) is 4.75. The van der Waals surface area contributed by atoms with Gasteiger partial charge in [0.1, 0.15) is 11.6 Å². The van der Waals surface area contributed by atoms with Gasteiger partial charge in [-0.2, -0.15) is 0 Å². The molecule has 3 rings (SSSR count). The van der Waals surface area contributed by atoms with E-state index in [2.05, 4.69) is 18.8 Å². The van der Waals surface area contributed by atoms with Crippen molar-refractivity contribution < 1.29 is 27.0 Å². The van der Waals surface area contributed by atoms with Crippen molar-refractivity contribution in [1.29, 1.82) is 0 Å². The number of hydrogen-bond donors (Lipinski definition) is 0. The maximum absolute atomic E-state index is 14.3. The second-order valence-electron chi connectivity index (χ2n) is 7.10. The predicted octanol–water partition coefficient (Wildman–Crippen LogP) is 5.36. The minimum atomic E-state index is -1.07. The molecule has 154 valence electrons. The van der Waals surface area contributed by atoms with Crippen molar-refractivity contribution in [3.63, 3.8) is 0 Å². The van der Waals surface area contributed by atoms with Gasteiger partial charge in [-0.3, -0.25) is 0 Å². The number of halogens is 4. The van der Waals surface area contributed by atoms with Crippen molar-refractivity contribution in [3.8, 4) is 11.8 Å². The summed E-state index contributed by atoms with van der Waals surface area (Å²) in [7, 11) is 0. The molecule has 0 aromatic heterocycles. The smallest absolute Gasteiger partial charge is 0.160 e. The normalized spacial score (nSPS) is 18.9. The van der Waals surface area contributed by atoms with Crippen LogP contribution in [0.1, 0.15) is 42.9 Å². The van der Waals surface area contributed by atoms with E-state index >= 15 is 0 Å². The lowest BCUT2D eigenvalue weighted by Crippen LogP contribution is -2.32. The quantitative estimate of drug-likeness (QED) is 0.491. The molecule has 0 radical (unpaired) electrons. The Morgan fingerprint density at radius 3 is 2.17 bits per heavy atom. The number of benzene rings is 2. The Morgan fingerprint density at radius 2 is 1.55 bits per heavy atom. The minimum Gasteiger partial charge on any atom is -0.352 e. The van der Waals surface area contributed by atoms with E-state index in [-0.39, 0.29) is 11.9 Å². The maximum Gasteiger partial charge on any atom is 0.160 e. The van der Waals surface area contributed by atoms with Crippen LogP contribution in [0.2, 0.25) is 0 Å². The zero-order chi connectivity index (χ0) is 20.8. The average molecular weight is 406 g/mol. The fourth-order valence-electron chi connectivity index (χ4n) is 3.21. The van der Waals surface area contributed by atoms with Crippen molar-refractivity contribution in [2.45, 2.75) is 38.9 Å². The lowest BCUT2D eigenvalue weighted by Gasteiger charge is -2.29. The second kappa shape index (κ2) is 9.91. The van der Waals surface area contributed by atoms with Gasteiger partial charge in [0.2, 0.25) is 0 Å². The summed E-state index contributed by atoms with van der Waals surface area (Å²) in [6, 6.07) is 5.48. The highest BCUT2D eigenvalue weighted by Gasteiger charge is 2.21. The summed E-state index contributed by atoms with van der Waals surface area (Å²) in [6.45, 7) is 3.39. The van der Waals surface area contributed by atoms with Crippen molar-refractivity contribution >= 4 is 0 Å². The summed E-state index contributed by atoms with van der Waals surface area (Å²) in [5, 5.41) is 0. The Balaban J connectivity index is 1.62. The third kappa shape index (κ3) is 5.81. The molecule has 0 saturated carbocycles. The molecule has 1 aliphatic heterocycles. The van der Waals surface area contributed by atoms with Crippen LogP contribution in [0.4, 0.5) is 17.6 Å². The molecule has 0 amide bonds. The summed E-state index contributed by atoms with van der Waals surface area (Å²) >= 11 is 0. The van der Waals surface area contributed by atoms with Gasteiger partial charge in [0, 0.05) is 17.9 Å². The molecular weight excluding hydrogens is 384 g/mol. The molecule has 1 aliphatic rings. The Morgan fingerprint density at radius 1 is 0.862 bits per heavy atom. The van der Waals surface area contributed by atoms with Crippen LogP contribution in [0.25, 0.3) is 0 Å². The average Bonchev–Trinajstić information content (AvgIpc) is 2.70. The fourth-order valence-corrected chi connectivity index (χ4v) is 3.21. The van der Waals surface area contributed by atoms with Gasteiger partial charge in [-0.1, -0.05) is 25.2 Å². The van der Waals surface area contributed by atoms with Gasteiger partial charge in [0.05, 0.1) is 18.8 Å². The first-order valence-corrected chi connectivity index (χ1v) is 9.64. The van der Waals surface area contributed by atoms with E-state index in [9.17, 15) is 17.6 Å². The van der Waals surface area contributed by atoms with Gasteiger partial charge in [-0.05, 0) is 48.7 Å². The van der Waals surface area contributed by atoms with Gasteiger partial charge in [0.25, 0.3) is 0 Å². The largest absolute Gasteiger partial charge is 0.352 e. The molecule has 2 nitrogen and oxygen atoms in total. The molecule has 6 heteroatoms. The first kappa shape index (κ1) is 21.4. The van der Waals surface area contributed by atoms with Gasteiger partial charge >= 0.3 is 0 Å². The fraction of sp³-hybridized carbons (Fsp3) is 0.391. The van der Waals surface area contributed by atoms with Crippen LogP contribution in [0.3, 0.4) is 0 Å². The van der Waals surface area contributed by atoms with Crippen LogP contribution < -0.4 is 0 Å². The van der Waals surface area contributed by atoms with E-state index in [0.717, 1.165) is 25.0 Å². The molecule has 0 N–H and O–H groups in total. The molecule has 0 atom stereocenters. The maximum atomic E-state index is 14.3. The lowest BCUT2D eigenvalue weighted by molar-refractivity contribution is -0.203. The molecule has 0 unspecified atom stereocenters. The van der Waals surface area contributed by atoms with Crippen LogP contribution in [0.5, 0.6) is 0 Å². The van der Waals surface area contributed by atoms with Crippen molar-refractivity contribution in [3.05, 3.63) is 70.3 Å². The van der Waals surface area contributed by atoms with E-state index in [0.29, 0.717) is 37.5 Å². The van der Waals surface area contributed by atoms with E-state index in [4.69, 9.17) is 9.47 Å². The molecule has 29 heavy (non-hydrogen) atoms. The van der Waals surface area contributed by atoms with Crippen LogP contribution >= 0.6 is 0 Å². The molecule has 2 aromatic carbocycles. The summed E-state index contributed by atoms with van der Waals surface area (Å²) in [6.07, 6.45) is 2.65. The molecule has 0 bridgehead atoms. The van der Waals surface area contributed by atoms with Gasteiger partial charge in [-0.15, -0.1) is 0 Å². The zero-order valence-electron chi connectivity index (χ0n) is 16.1.